The number of amides is 1. The Hall–Kier alpha value is -1.91. The summed E-state index contributed by atoms with van der Waals surface area (Å²) in [5.74, 6) is 1.80. The maximum atomic E-state index is 13.3. The molecule has 1 amide bonds. The summed E-state index contributed by atoms with van der Waals surface area (Å²) in [6.45, 7) is 10.6. The van der Waals surface area contributed by atoms with Gasteiger partial charge in [0.1, 0.15) is 0 Å². The van der Waals surface area contributed by atoms with Crippen molar-refractivity contribution in [3.8, 4) is 11.5 Å². The first kappa shape index (κ1) is 30.5. The van der Waals surface area contributed by atoms with Crippen molar-refractivity contribution in [2.75, 3.05) is 32.4 Å². The monoisotopic (exact) mass is 622 g/mol. The van der Waals surface area contributed by atoms with Crippen molar-refractivity contribution in [2.24, 2.45) is 17.8 Å². The van der Waals surface area contributed by atoms with Gasteiger partial charge in [0.25, 0.3) is 17.3 Å². The molecule has 224 valence electrons. The van der Waals surface area contributed by atoms with Crippen LogP contribution in [0.2, 0.25) is 5.02 Å². The molecular weight excluding hydrogens is 583 g/mol. The fourth-order valence-corrected chi connectivity index (χ4v) is 8.14. The number of hydrogen-bond acceptors (Lipinski definition) is 7. The average Bonchev–Trinajstić information content (AvgIpc) is 3.64. The number of ether oxygens (including phenoxy) is 2. The zero-order chi connectivity index (χ0) is 28.2. The van der Waals surface area contributed by atoms with Crippen molar-refractivity contribution in [3.63, 3.8) is 0 Å². The van der Waals surface area contributed by atoms with Crippen LogP contribution in [0.25, 0.3) is 0 Å². The number of nitrogens with one attached hydrogen (secondary N) is 3. The number of halogens is 2. The SMILES string of the molecule is CSc1cc(C)[nH]c(=O)c1CNC(=O)c1cc(Cl)c2c(c1C)OC(C)(C1CCC(N3CC4CNCC4C3)CC1)O2.Cl. The minimum absolute atomic E-state index is 0. The number of nitrogens with zero attached hydrogens (tertiary/aromatic N) is 1. The van der Waals surface area contributed by atoms with Crippen LogP contribution in [-0.2, 0) is 6.54 Å². The Morgan fingerprint density at radius 1 is 1.12 bits per heavy atom. The Morgan fingerprint density at radius 2 is 1.78 bits per heavy atom. The fourth-order valence-electron chi connectivity index (χ4n) is 7.20. The van der Waals surface area contributed by atoms with Gasteiger partial charge in [0.2, 0.25) is 0 Å². The van der Waals surface area contributed by atoms with Gasteiger partial charge in [-0.15, -0.1) is 24.2 Å². The second kappa shape index (κ2) is 12.0. The largest absolute Gasteiger partial charge is 0.448 e. The number of aromatic nitrogens is 1. The number of likely N-dealkylation sites (tertiary alicyclic amines) is 1. The summed E-state index contributed by atoms with van der Waals surface area (Å²) in [6.07, 6.45) is 6.27. The van der Waals surface area contributed by atoms with Gasteiger partial charge in [-0.2, -0.15) is 0 Å². The molecule has 1 aromatic heterocycles. The summed E-state index contributed by atoms with van der Waals surface area (Å²) >= 11 is 8.15. The highest BCUT2D eigenvalue weighted by Crippen LogP contribution is 2.52. The topological polar surface area (TPSA) is 95.7 Å². The van der Waals surface area contributed by atoms with Crippen LogP contribution >= 0.6 is 35.8 Å². The minimum atomic E-state index is -0.815. The van der Waals surface area contributed by atoms with Gasteiger partial charge in [0.05, 0.1) is 5.02 Å². The van der Waals surface area contributed by atoms with Gasteiger partial charge in [-0.3, -0.25) is 14.5 Å². The number of aryl methyl sites for hydroxylation is 1. The molecular formula is C30H40Cl2N4O4S. The number of aromatic amines is 1. The summed E-state index contributed by atoms with van der Waals surface area (Å²) in [5.41, 5.74) is 2.24. The number of rotatable bonds is 6. The maximum Gasteiger partial charge on any atom is 0.254 e. The molecule has 0 spiro atoms. The Balaban J connectivity index is 0.00000337. The van der Waals surface area contributed by atoms with E-state index in [9.17, 15) is 9.59 Å². The summed E-state index contributed by atoms with van der Waals surface area (Å²) in [4.78, 5) is 32.2. The first-order valence-electron chi connectivity index (χ1n) is 14.4. The summed E-state index contributed by atoms with van der Waals surface area (Å²) in [7, 11) is 0. The van der Waals surface area contributed by atoms with Crippen molar-refractivity contribution in [1.29, 1.82) is 0 Å². The zero-order valence-electron chi connectivity index (χ0n) is 24.1. The molecule has 3 unspecified atom stereocenters. The van der Waals surface area contributed by atoms with Crippen molar-refractivity contribution in [2.45, 2.75) is 69.7 Å². The smallest absolute Gasteiger partial charge is 0.254 e. The first-order chi connectivity index (χ1) is 19.2. The summed E-state index contributed by atoms with van der Waals surface area (Å²) in [6, 6.07) is 4.20. The molecule has 1 saturated carbocycles. The quantitative estimate of drug-likeness (QED) is 0.394. The second-order valence-corrected chi connectivity index (χ2v) is 13.3. The van der Waals surface area contributed by atoms with E-state index in [-0.39, 0.29) is 36.3 Å². The highest BCUT2D eigenvalue weighted by molar-refractivity contribution is 7.98. The molecule has 3 aliphatic heterocycles. The van der Waals surface area contributed by atoms with E-state index in [0.717, 1.165) is 61.2 Å². The lowest BCUT2D eigenvalue weighted by molar-refractivity contribution is -0.123. The van der Waals surface area contributed by atoms with E-state index < -0.39 is 5.79 Å². The Bertz CT molecular complexity index is 1370. The van der Waals surface area contributed by atoms with Crippen LogP contribution < -0.4 is 25.7 Å². The van der Waals surface area contributed by atoms with Crippen LogP contribution in [-0.4, -0.2) is 60.1 Å². The molecule has 8 nitrogen and oxygen atoms in total. The van der Waals surface area contributed by atoms with E-state index in [0.29, 0.717) is 39.3 Å². The van der Waals surface area contributed by atoms with Crippen LogP contribution in [0.3, 0.4) is 0 Å². The zero-order valence-corrected chi connectivity index (χ0v) is 26.5. The standard InChI is InChI=1S/C30H39ClN4O4S.ClH/c1-16-9-25(40-4)23(29(37)34-16)13-33-28(36)22-10-24(31)27-26(17(22)2)38-30(3,39-27)20-5-7-21(8-6-20)35-14-18-11-32-12-19(18)15-35;/h9-10,18-21,32H,5-8,11-15H2,1-4H3,(H,33,36)(H,34,37);1H. The third-order valence-corrected chi connectivity index (χ3v) is 10.6. The van der Waals surface area contributed by atoms with Gasteiger partial charge < -0.3 is 25.1 Å². The van der Waals surface area contributed by atoms with E-state index >= 15 is 0 Å². The number of hydrogen-bond donors (Lipinski definition) is 3. The van der Waals surface area contributed by atoms with Crippen LogP contribution in [0.15, 0.2) is 21.8 Å². The number of fused-ring (bicyclic) bond motifs is 2. The molecule has 1 aromatic carbocycles. The minimum Gasteiger partial charge on any atom is -0.448 e. The van der Waals surface area contributed by atoms with Crippen molar-refractivity contribution >= 4 is 41.7 Å². The van der Waals surface area contributed by atoms with Crippen LogP contribution in [0.4, 0.5) is 0 Å². The molecule has 3 fully saturated rings. The molecule has 3 atom stereocenters. The number of thioether (sulfide) groups is 1. The van der Waals surface area contributed by atoms with E-state index in [2.05, 4.69) is 20.5 Å². The van der Waals surface area contributed by atoms with Gasteiger partial charge in [-0.1, -0.05) is 11.6 Å². The molecule has 4 heterocycles. The maximum absolute atomic E-state index is 13.3. The summed E-state index contributed by atoms with van der Waals surface area (Å²) < 4.78 is 13.0. The van der Waals surface area contributed by atoms with Crippen molar-refractivity contribution < 1.29 is 14.3 Å². The lowest BCUT2D eigenvalue weighted by Crippen LogP contribution is -2.47. The molecule has 1 aliphatic carbocycles. The van der Waals surface area contributed by atoms with Gasteiger partial charge in [-0.05, 0) is 82.8 Å². The van der Waals surface area contributed by atoms with E-state index in [1.165, 1.54) is 24.9 Å². The molecule has 2 saturated heterocycles. The lowest BCUT2D eigenvalue weighted by atomic mass is 9.81. The molecule has 2 aromatic rings. The second-order valence-electron chi connectivity index (χ2n) is 12.1. The normalized spacial score (nSPS) is 28.8. The third kappa shape index (κ3) is 5.73. The van der Waals surface area contributed by atoms with Crippen molar-refractivity contribution in [3.05, 3.63) is 49.9 Å². The highest BCUT2D eigenvalue weighted by Gasteiger charge is 2.48. The predicted molar refractivity (Wildman–Crippen MR) is 165 cm³/mol. The van der Waals surface area contributed by atoms with E-state index in [1.807, 2.05) is 33.1 Å². The predicted octanol–water partition coefficient (Wildman–Crippen LogP) is 4.92. The molecule has 0 radical (unpaired) electrons. The number of carbonyl (C=O) groups is 1. The number of H-pyrrole nitrogens is 1. The van der Waals surface area contributed by atoms with Crippen LogP contribution in [0.1, 0.15) is 59.8 Å². The molecule has 0 bridgehead atoms. The highest BCUT2D eigenvalue weighted by atomic mass is 35.5. The van der Waals surface area contributed by atoms with Gasteiger partial charge >= 0.3 is 0 Å². The van der Waals surface area contributed by atoms with Gasteiger partial charge in [0, 0.05) is 65.8 Å². The molecule has 3 N–H and O–H groups in total. The third-order valence-electron chi connectivity index (χ3n) is 9.54. The van der Waals surface area contributed by atoms with E-state index in [4.69, 9.17) is 21.1 Å². The number of carbonyl (C=O) groups excluding carboxylic acids is 1. The first-order valence-corrected chi connectivity index (χ1v) is 16.0. The van der Waals surface area contributed by atoms with Crippen molar-refractivity contribution in [1.82, 2.24) is 20.5 Å². The lowest BCUT2D eigenvalue weighted by Gasteiger charge is -2.40. The molecule has 6 rings (SSSR count). The Kier molecular flexibility index (Phi) is 8.94. The van der Waals surface area contributed by atoms with E-state index in [1.54, 1.807) is 6.07 Å². The van der Waals surface area contributed by atoms with Gasteiger partial charge in [-0.25, -0.2) is 0 Å². The fraction of sp³-hybridized carbons (Fsp3) is 0.600. The molecule has 41 heavy (non-hydrogen) atoms. The van der Waals surface area contributed by atoms with Gasteiger partial charge in [0.15, 0.2) is 11.5 Å². The summed E-state index contributed by atoms with van der Waals surface area (Å²) in [5, 5.41) is 6.80. The van der Waals surface area contributed by atoms with Crippen LogP contribution in [0, 0.1) is 31.6 Å². The number of pyridine rings is 1. The Labute approximate surface area is 257 Å². The molecule has 4 aliphatic rings. The Morgan fingerprint density at radius 3 is 2.44 bits per heavy atom. The number of benzene rings is 1. The average molecular weight is 624 g/mol. The van der Waals surface area contributed by atoms with Crippen LogP contribution in [0.5, 0.6) is 11.5 Å². The molecule has 11 heteroatoms.